The highest BCUT2D eigenvalue weighted by Gasteiger charge is 2.23. The fraction of sp³-hybridized carbons (Fsp3) is 0.778. The number of hydrazine groups is 2. The summed E-state index contributed by atoms with van der Waals surface area (Å²) in [4.78, 5) is 22.9. The lowest BCUT2D eigenvalue weighted by Gasteiger charge is -2.29. The molecule has 14 heavy (non-hydrogen) atoms. The van der Waals surface area contributed by atoms with Gasteiger partial charge in [-0.25, -0.2) is 10.9 Å². The van der Waals surface area contributed by atoms with Crippen molar-refractivity contribution in [3.63, 3.8) is 0 Å². The summed E-state index contributed by atoms with van der Waals surface area (Å²) in [5, 5.41) is 2.01. The molecule has 82 valence electrons. The topological polar surface area (TPSA) is 66.6 Å². The third-order valence-electron chi connectivity index (χ3n) is 1.86. The molecule has 0 aromatic rings. The lowest BCUT2D eigenvalue weighted by Crippen LogP contribution is -2.54. The van der Waals surface area contributed by atoms with E-state index in [1.165, 1.54) is 7.05 Å². The van der Waals surface area contributed by atoms with Crippen LogP contribution in [0.15, 0.2) is 0 Å². The molecule has 5 heteroatoms. The molecule has 0 heterocycles. The van der Waals surface area contributed by atoms with Crippen molar-refractivity contribution in [3.8, 4) is 0 Å². The van der Waals surface area contributed by atoms with Gasteiger partial charge in [0.15, 0.2) is 0 Å². The molecule has 0 spiro atoms. The van der Waals surface area contributed by atoms with Crippen molar-refractivity contribution in [2.24, 2.45) is 17.7 Å². The molecule has 0 bridgehead atoms. The molecule has 0 fully saturated rings. The quantitative estimate of drug-likeness (QED) is 0.399. The highest BCUT2D eigenvalue weighted by molar-refractivity contribution is 5.83. The number of nitrogens with zero attached hydrogens (tertiary/aromatic N) is 2. The minimum absolute atomic E-state index is 0.175. The summed E-state index contributed by atoms with van der Waals surface area (Å²) >= 11 is 0. The molecule has 0 saturated carbocycles. The Morgan fingerprint density at radius 2 is 1.36 bits per heavy atom. The standard InChI is InChI=1S/C9H19N3O2/c1-6(2)8(13)11(5)12(10)9(14)7(3)4/h6-7H,10H2,1-5H3. The molecule has 0 atom stereocenters. The van der Waals surface area contributed by atoms with Gasteiger partial charge >= 0.3 is 0 Å². The van der Waals surface area contributed by atoms with Crippen LogP contribution < -0.4 is 5.84 Å². The van der Waals surface area contributed by atoms with Crippen molar-refractivity contribution in [2.75, 3.05) is 7.05 Å². The van der Waals surface area contributed by atoms with E-state index in [0.29, 0.717) is 0 Å². The monoisotopic (exact) mass is 201 g/mol. The van der Waals surface area contributed by atoms with Crippen molar-refractivity contribution < 1.29 is 9.59 Å². The van der Waals surface area contributed by atoms with Crippen LogP contribution >= 0.6 is 0 Å². The second-order valence-corrected chi connectivity index (χ2v) is 3.85. The molecule has 0 aliphatic carbocycles. The van der Waals surface area contributed by atoms with Crippen LogP contribution in [-0.4, -0.2) is 29.0 Å². The number of rotatable bonds is 2. The van der Waals surface area contributed by atoms with E-state index < -0.39 is 0 Å². The van der Waals surface area contributed by atoms with Gasteiger partial charge in [-0.3, -0.25) is 9.59 Å². The van der Waals surface area contributed by atoms with Crippen LogP contribution in [-0.2, 0) is 9.59 Å². The Balaban J connectivity index is 4.46. The highest BCUT2D eigenvalue weighted by Crippen LogP contribution is 2.04. The van der Waals surface area contributed by atoms with Crippen LogP contribution in [0.2, 0.25) is 0 Å². The molecule has 0 aromatic carbocycles. The minimum atomic E-state index is -0.276. The smallest absolute Gasteiger partial charge is 0.258 e. The Morgan fingerprint density at radius 1 is 1.00 bits per heavy atom. The Morgan fingerprint density at radius 3 is 1.64 bits per heavy atom. The molecule has 0 aliphatic rings. The molecule has 0 unspecified atom stereocenters. The lowest BCUT2D eigenvalue weighted by molar-refractivity contribution is -0.165. The van der Waals surface area contributed by atoms with E-state index in [-0.39, 0.29) is 23.7 Å². The fourth-order valence-electron chi connectivity index (χ4n) is 0.892. The zero-order chi connectivity index (χ0) is 11.5. The van der Waals surface area contributed by atoms with E-state index in [0.717, 1.165) is 10.1 Å². The summed E-state index contributed by atoms with van der Waals surface area (Å²) in [7, 11) is 1.49. The van der Waals surface area contributed by atoms with Gasteiger partial charge in [-0.2, -0.15) is 5.12 Å². The second kappa shape index (κ2) is 4.95. The van der Waals surface area contributed by atoms with Gasteiger partial charge in [-0.05, 0) is 0 Å². The van der Waals surface area contributed by atoms with Crippen molar-refractivity contribution in [2.45, 2.75) is 27.7 Å². The molecular weight excluding hydrogens is 182 g/mol. The minimum Gasteiger partial charge on any atom is -0.273 e. The van der Waals surface area contributed by atoms with Gasteiger partial charge in [0, 0.05) is 18.9 Å². The fourth-order valence-corrected chi connectivity index (χ4v) is 0.892. The summed E-state index contributed by atoms with van der Waals surface area (Å²) in [5.74, 6) is 4.64. The second-order valence-electron chi connectivity index (χ2n) is 3.85. The van der Waals surface area contributed by atoms with E-state index in [4.69, 9.17) is 5.84 Å². The van der Waals surface area contributed by atoms with Crippen molar-refractivity contribution in [1.29, 1.82) is 0 Å². The zero-order valence-electron chi connectivity index (χ0n) is 9.44. The Labute approximate surface area is 84.8 Å². The maximum Gasteiger partial charge on any atom is 0.258 e. The number of amides is 2. The number of nitrogens with two attached hydrogens (primary N) is 1. The lowest BCUT2D eigenvalue weighted by atomic mass is 10.2. The highest BCUT2D eigenvalue weighted by atomic mass is 16.2. The molecular formula is C9H19N3O2. The Hall–Kier alpha value is -1.10. The summed E-state index contributed by atoms with van der Waals surface area (Å²) in [6.07, 6.45) is 0. The predicted octanol–water partition coefficient (Wildman–Crippen LogP) is 0.374. The van der Waals surface area contributed by atoms with Crippen LogP contribution in [0, 0.1) is 11.8 Å². The number of carbonyl (C=O) groups excluding carboxylic acids is 2. The summed E-state index contributed by atoms with van der Waals surface area (Å²) < 4.78 is 0. The van der Waals surface area contributed by atoms with E-state index in [9.17, 15) is 9.59 Å². The van der Waals surface area contributed by atoms with Gasteiger partial charge in [0.05, 0.1) is 0 Å². The van der Waals surface area contributed by atoms with E-state index >= 15 is 0 Å². The largest absolute Gasteiger partial charge is 0.273 e. The summed E-state index contributed by atoms with van der Waals surface area (Å²) in [5.41, 5.74) is 0. The normalized spacial score (nSPS) is 10.6. The maximum atomic E-state index is 11.5. The summed E-state index contributed by atoms with van der Waals surface area (Å²) in [6, 6.07) is 0. The zero-order valence-corrected chi connectivity index (χ0v) is 9.44. The molecule has 2 N–H and O–H groups in total. The third kappa shape index (κ3) is 2.99. The Bertz CT molecular complexity index is 202. The average molecular weight is 201 g/mol. The first kappa shape index (κ1) is 12.9. The van der Waals surface area contributed by atoms with Gasteiger partial charge in [-0.15, -0.1) is 0 Å². The molecule has 0 aromatic heterocycles. The van der Waals surface area contributed by atoms with Crippen LogP contribution in [0.1, 0.15) is 27.7 Å². The predicted molar refractivity (Wildman–Crippen MR) is 53.5 cm³/mol. The number of hydrogen-bond donors (Lipinski definition) is 1. The van der Waals surface area contributed by atoms with E-state index in [1.54, 1.807) is 27.7 Å². The van der Waals surface area contributed by atoms with E-state index in [2.05, 4.69) is 0 Å². The van der Waals surface area contributed by atoms with Crippen LogP contribution in [0.25, 0.3) is 0 Å². The van der Waals surface area contributed by atoms with Gasteiger partial charge in [0.25, 0.3) is 5.91 Å². The van der Waals surface area contributed by atoms with Crippen LogP contribution in [0.5, 0.6) is 0 Å². The Kier molecular flexibility index (Phi) is 4.56. The van der Waals surface area contributed by atoms with Gasteiger partial charge in [0.2, 0.25) is 5.91 Å². The van der Waals surface area contributed by atoms with Crippen molar-refractivity contribution in [3.05, 3.63) is 0 Å². The van der Waals surface area contributed by atoms with Gasteiger partial charge in [0.1, 0.15) is 0 Å². The SMILES string of the molecule is CC(C)C(=O)N(C)N(N)C(=O)C(C)C. The molecule has 0 saturated heterocycles. The molecule has 5 nitrogen and oxygen atoms in total. The maximum absolute atomic E-state index is 11.5. The molecule has 0 radical (unpaired) electrons. The van der Waals surface area contributed by atoms with Crippen LogP contribution in [0.4, 0.5) is 0 Å². The van der Waals surface area contributed by atoms with Crippen LogP contribution in [0.3, 0.4) is 0 Å². The first-order valence-corrected chi connectivity index (χ1v) is 4.65. The average Bonchev–Trinajstić information content (AvgIpc) is 2.12. The van der Waals surface area contributed by atoms with E-state index in [1.807, 2.05) is 0 Å². The molecule has 2 amide bonds. The summed E-state index contributed by atoms with van der Waals surface area (Å²) in [6.45, 7) is 6.98. The third-order valence-corrected chi connectivity index (χ3v) is 1.86. The first-order valence-electron chi connectivity index (χ1n) is 4.65. The van der Waals surface area contributed by atoms with Gasteiger partial charge in [-0.1, -0.05) is 27.7 Å². The van der Waals surface area contributed by atoms with Crippen molar-refractivity contribution >= 4 is 11.8 Å². The molecule has 0 aliphatic heterocycles. The number of carbonyl (C=O) groups is 2. The molecule has 0 rings (SSSR count). The first-order chi connectivity index (χ1) is 6.29. The number of hydrogen-bond acceptors (Lipinski definition) is 3. The van der Waals surface area contributed by atoms with Crippen molar-refractivity contribution in [1.82, 2.24) is 10.1 Å². The van der Waals surface area contributed by atoms with Gasteiger partial charge < -0.3 is 0 Å².